The molecule has 0 aliphatic carbocycles. The van der Waals surface area contributed by atoms with E-state index >= 15 is 0 Å². The van der Waals surface area contributed by atoms with Gasteiger partial charge in [-0.3, -0.25) is 0 Å². The van der Waals surface area contributed by atoms with Gasteiger partial charge in [-0.15, -0.1) is 6.58 Å². The quantitative estimate of drug-likeness (QED) is 0.634. The molecule has 1 aromatic carbocycles. The Kier molecular flexibility index (Phi) is 3.63. The molecule has 1 aromatic heterocycles. The number of benzene rings is 1. The molecule has 136 valence electrons. The van der Waals surface area contributed by atoms with Gasteiger partial charge in [0.1, 0.15) is 11.3 Å². The fraction of sp³-hybridized carbons (Fsp3) is 0.350. The zero-order valence-electron chi connectivity index (χ0n) is 14.6. The van der Waals surface area contributed by atoms with Crippen molar-refractivity contribution in [3.63, 3.8) is 0 Å². The monoisotopic (exact) mass is 356 g/mol. The van der Waals surface area contributed by atoms with E-state index in [4.69, 9.17) is 13.9 Å². The van der Waals surface area contributed by atoms with E-state index in [1.54, 1.807) is 24.3 Å². The zero-order chi connectivity index (χ0) is 18.7. The Bertz CT molecular complexity index is 1000. The van der Waals surface area contributed by atoms with Crippen LogP contribution in [0.15, 0.2) is 51.7 Å². The van der Waals surface area contributed by atoms with Crippen molar-refractivity contribution < 1.29 is 24.1 Å². The number of aliphatic hydroxyl groups excluding tert-OH is 2. The highest BCUT2D eigenvalue weighted by Gasteiger charge is 2.52. The third-order valence-electron chi connectivity index (χ3n) is 5.22. The van der Waals surface area contributed by atoms with Crippen LogP contribution in [0, 0.1) is 6.92 Å². The van der Waals surface area contributed by atoms with Gasteiger partial charge >= 0.3 is 5.63 Å². The Morgan fingerprint density at radius 2 is 2.19 bits per heavy atom. The topological polar surface area (TPSA) is 89.1 Å². The Morgan fingerprint density at radius 1 is 1.42 bits per heavy atom. The van der Waals surface area contributed by atoms with Crippen molar-refractivity contribution in [3.8, 4) is 5.75 Å². The number of aliphatic hydroxyl groups is 2. The Morgan fingerprint density at radius 3 is 2.85 bits per heavy atom. The average Bonchev–Trinajstić information content (AvgIpc) is 2.88. The van der Waals surface area contributed by atoms with Crippen LogP contribution in [-0.2, 0) is 10.2 Å². The van der Waals surface area contributed by atoms with E-state index in [0.717, 1.165) is 5.56 Å². The van der Waals surface area contributed by atoms with E-state index in [2.05, 4.69) is 6.58 Å². The lowest BCUT2D eigenvalue weighted by Gasteiger charge is -2.42. The van der Waals surface area contributed by atoms with Gasteiger partial charge in [0, 0.05) is 17.4 Å². The second-order valence-electron chi connectivity index (χ2n) is 7.10. The number of allylic oxidation sites excluding steroid dienone is 1. The second-order valence-corrected chi connectivity index (χ2v) is 7.10. The van der Waals surface area contributed by atoms with E-state index in [0.29, 0.717) is 27.9 Å². The molecule has 0 radical (unpaired) electrons. The normalized spacial score (nSPS) is 30.2. The smallest absolute Gasteiger partial charge is 0.344 e. The summed E-state index contributed by atoms with van der Waals surface area (Å²) in [7, 11) is 0. The van der Waals surface area contributed by atoms with Crippen LogP contribution in [0.5, 0.6) is 5.75 Å². The first-order valence-corrected chi connectivity index (χ1v) is 8.40. The standard InChI is InChI=1S/C20H20O6/c1-4-19(3)10-20(8-12(9-21)17(22)26-20)25-16-14-11(2)6-5-7-13(14)24-18(23)15(16)19/h4-8,17,21-22H,1,9-10H2,2-3H3. The minimum atomic E-state index is -1.30. The summed E-state index contributed by atoms with van der Waals surface area (Å²) in [6.45, 7) is 7.29. The highest BCUT2D eigenvalue weighted by atomic mass is 16.8. The second kappa shape index (κ2) is 5.54. The van der Waals surface area contributed by atoms with Gasteiger partial charge in [-0.05, 0) is 24.6 Å². The molecule has 0 saturated carbocycles. The van der Waals surface area contributed by atoms with Crippen molar-refractivity contribution >= 4 is 11.0 Å². The van der Waals surface area contributed by atoms with Crippen molar-refractivity contribution in [1.82, 2.24) is 0 Å². The fourth-order valence-corrected chi connectivity index (χ4v) is 3.89. The molecule has 0 amide bonds. The number of ether oxygens (including phenoxy) is 2. The van der Waals surface area contributed by atoms with E-state index in [9.17, 15) is 15.0 Å². The van der Waals surface area contributed by atoms with Crippen LogP contribution < -0.4 is 10.4 Å². The summed E-state index contributed by atoms with van der Waals surface area (Å²) in [5.74, 6) is -0.929. The molecular weight excluding hydrogens is 336 g/mol. The van der Waals surface area contributed by atoms with E-state index in [-0.39, 0.29) is 13.0 Å². The predicted octanol–water partition coefficient (Wildman–Crippen LogP) is 2.29. The molecule has 26 heavy (non-hydrogen) atoms. The molecule has 3 unspecified atom stereocenters. The van der Waals surface area contributed by atoms with Crippen LogP contribution in [0.4, 0.5) is 0 Å². The molecule has 6 heteroatoms. The van der Waals surface area contributed by atoms with Crippen LogP contribution in [0.2, 0.25) is 0 Å². The molecule has 0 bridgehead atoms. The lowest BCUT2D eigenvalue weighted by molar-refractivity contribution is -0.221. The van der Waals surface area contributed by atoms with Crippen LogP contribution in [0.3, 0.4) is 0 Å². The molecule has 3 atom stereocenters. The maximum Gasteiger partial charge on any atom is 0.344 e. The van der Waals surface area contributed by atoms with Crippen LogP contribution in [0.25, 0.3) is 11.0 Å². The third-order valence-corrected chi connectivity index (χ3v) is 5.22. The first-order chi connectivity index (χ1) is 12.3. The highest BCUT2D eigenvalue weighted by molar-refractivity contribution is 5.88. The molecule has 0 saturated heterocycles. The summed E-state index contributed by atoms with van der Waals surface area (Å²) >= 11 is 0. The van der Waals surface area contributed by atoms with Gasteiger partial charge in [-0.1, -0.05) is 25.1 Å². The summed E-state index contributed by atoms with van der Waals surface area (Å²) in [5.41, 5.74) is 0.720. The first kappa shape index (κ1) is 17.0. The number of fused-ring (bicyclic) bond motifs is 3. The first-order valence-electron chi connectivity index (χ1n) is 8.40. The van der Waals surface area contributed by atoms with Crippen molar-refractivity contribution in [2.75, 3.05) is 6.61 Å². The zero-order valence-corrected chi connectivity index (χ0v) is 14.6. The Labute approximate surface area is 150 Å². The molecule has 6 nitrogen and oxygen atoms in total. The molecule has 4 rings (SSSR count). The van der Waals surface area contributed by atoms with Gasteiger partial charge < -0.3 is 24.1 Å². The molecule has 2 aliphatic rings. The van der Waals surface area contributed by atoms with E-state index < -0.39 is 23.1 Å². The highest BCUT2D eigenvalue weighted by Crippen LogP contribution is 2.50. The third kappa shape index (κ3) is 2.26. The van der Waals surface area contributed by atoms with Gasteiger partial charge in [0.2, 0.25) is 5.79 Å². The minimum absolute atomic E-state index is 0.221. The van der Waals surface area contributed by atoms with Crippen molar-refractivity contribution in [3.05, 3.63) is 64.1 Å². The summed E-state index contributed by atoms with van der Waals surface area (Å²) < 4.78 is 17.4. The van der Waals surface area contributed by atoms with Crippen LogP contribution in [0.1, 0.15) is 24.5 Å². The molecule has 2 aromatic rings. The van der Waals surface area contributed by atoms with Gasteiger partial charge in [0.25, 0.3) is 0 Å². The number of hydrogen-bond acceptors (Lipinski definition) is 6. The number of aryl methyl sites for hydroxylation is 1. The lowest BCUT2D eigenvalue weighted by atomic mass is 9.74. The van der Waals surface area contributed by atoms with Gasteiger partial charge in [-0.2, -0.15) is 0 Å². The molecule has 2 aliphatic heterocycles. The fourth-order valence-electron chi connectivity index (χ4n) is 3.89. The van der Waals surface area contributed by atoms with Crippen molar-refractivity contribution in [1.29, 1.82) is 0 Å². The van der Waals surface area contributed by atoms with Gasteiger partial charge in [-0.25, -0.2) is 4.79 Å². The predicted molar refractivity (Wildman–Crippen MR) is 95.0 cm³/mol. The molecule has 1 spiro atoms. The summed E-state index contributed by atoms with van der Waals surface area (Å²) in [6, 6.07) is 5.41. The molecule has 3 heterocycles. The van der Waals surface area contributed by atoms with Crippen LogP contribution in [-0.4, -0.2) is 28.9 Å². The Balaban J connectivity index is 2.04. The van der Waals surface area contributed by atoms with E-state index in [1.165, 1.54) is 0 Å². The summed E-state index contributed by atoms with van der Waals surface area (Å²) in [5, 5.41) is 20.2. The number of rotatable bonds is 2. The molecule has 2 N–H and O–H groups in total. The Hall–Kier alpha value is -2.41. The maximum atomic E-state index is 12.7. The summed E-state index contributed by atoms with van der Waals surface area (Å²) in [6.07, 6.45) is 2.21. The van der Waals surface area contributed by atoms with Crippen molar-refractivity contribution in [2.24, 2.45) is 0 Å². The average molecular weight is 356 g/mol. The number of hydrogen-bond donors (Lipinski definition) is 2. The van der Waals surface area contributed by atoms with Crippen molar-refractivity contribution in [2.45, 2.75) is 37.8 Å². The SMILES string of the molecule is C=CC1(C)CC2(C=C(CO)C(O)O2)Oc2c1c(=O)oc1cccc(C)c21. The minimum Gasteiger partial charge on any atom is -0.457 e. The molecular formula is C20H20O6. The molecule has 0 fully saturated rings. The largest absolute Gasteiger partial charge is 0.457 e. The summed E-state index contributed by atoms with van der Waals surface area (Å²) in [4.78, 5) is 12.7. The van der Waals surface area contributed by atoms with E-state index in [1.807, 2.05) is 19.9 Å². The lowest BCUT2D eigenvalue weighted by Crippen LogP contribution is -2.48. The van der Waals surface area contributed by atoms with Crippen LogP contribution >= 0.6 is 0 Å². The van der Waals surface area contributed by atoms with Gasteiger partial charge in [0.05, 0.1) is 17.6 Å². The van der Waals surface area contributed by atoms with Gasteiger partial charge in [0.15, 0.2) is 6.29 Å². The maximum absolute atomic E-state index is 12.7.